The van der Waals surface area contributed by atoms with Crippen molar-refractivity contribution in [3.63, 3.8) is 0 Å². The first-order valence-corrected chi connectivity index (χ1v) is 11.0. The maximum atomic E-state index is 12.3. The molecule has 1 aliphatic rings. The minimum absolute atomic E-state index is 0.151. The summed E-state index contributed by atoms with van der Waals surface area (Å²) in [6.45, 7) is 2.75. The highest BCUT2D eigenvalue weighted by Gasteiger charge is 2.34. The van der Waals surface area contributed by atoms with Crippen LogP contribution in [0.2, 0.25) is 0 Å². The number of rotatable bonds is 11. The summed E-state index contributed by atoms with van der Waals surface area (Å²) in [7, 11) is 0. The molecule has 7 nitrogen and oxygen atoms in total. The zero-order valence-corrected chi connectivity index (χ0v) is 18.3. The van der Waals surface area contributed by atoms with Gasteiger partial charge in [-0.25, -0.2) is 4.79 Å². The summed E-state index contributed by atoms with van der Waals surface area (Å²) >= 11 is 0. The van der Waals surface area contributed by atoms with Gasteiger partial charge < -0.3 is 10.1 Å². The average Bonchev–Trinajstić information content (AvgIpc) is 3.04. The number of hydrogen-bond donors (Lipinski definition) is 1. The summed E-state index contributed by atoms with van der Waals surface area (Å²) in [5.74, 6) is -1.06. The third-order valence-corrected chi connectivity index (χ3v) is 5.28. The van der Waals surface area contributed by atoms with E-state index in [1.54, 1.807) is 48.5 Å². The van der Waals surface area contributed by atoms with Gasteiger partial charge in [0.25, 0.3) is 11.8 Å². The molecule has 1 heterocycles. The standard InChI is InChI=1S/C25H28N2O5/c1-2-3-16-32-25(31)18-10-9-11-19(17-18)26-22(28)14-5-4-8-15-27-23(29)20-12-6-7-13-21(20)24(27)30/h6-7,9-13,17H,2-5,8,14-16H2,1H3,(H,26,28). The Morgan fingerprint density at radius 3 is 2.31 bits per heavy atom. The monoisotopic (exact) mass is 436 g/mol. The quantitative estimate of drug-likeness (QED) is 0.319. The first-order valence-electron chi connectivity index (χ1n) is 11.0. The minimum Gasteiger partial charge on any atom is -0.462 e. The Bertz CT molecular complexity index is 966. The molecule has 3 rings (SSSR count). The molecule has 7 heteroatoms. The molecule has 0 radical (unpaired) electrons. The summed E-state index contributed by atoms with van der Waals surface area (Å²) in [6, 6.07) is 13.5. The smallest absolute Gasteiger partial charge is 0.338 e. The van der Waals surface area contributed by atoms with Gasteiger partial charge in [-0.2, -0.15) is 0 Å². The maximum absolute atomic E-state index is 12.3. The molecule has 0 unspecified atom stereocenters. The molecule has 0 aliphatic carbocycles. The first kappa shape index (κ1) is 23.2. The van der Waals surface area contributed by atoms with Gasteiger partial charge >= 0.3 is 5.97 Å². The predicted octanol–water partition coefficient (Wildman–Crippen LogP) is 4.44. The van der Waals surface area contributed by atoms with Crippen LogP contribution in [0.1, 0.15) is 76.5 Å². The summed E-state index contributed by atoms with van der Waals surface area (Å²) in [6.07, 6.45) is 4.06. The number of ether oxygens (including phenoxy) is 1. The van der Waals surface area contributed by atoms with Crippen molar-refractivity contribution in [2.75, 3.05) is 18.5 Å². The highest BCUT2D eigenvalue weighted by atomic mass is 16.5. The van der Waals surface area contributed by atoms with Gasteiger partial charge in [-0.1, -0.05) is 38.0 Å². The molecule has 0 atom stereocenters. The third-order valence-electron chi connectivity index (χ3n) is 5.28. The number of fused-ring (bicyclic) bond motifs is 1. The third kappa shape index (κ3) is 5.81. The number of nitrogens with one attached hydrogen (secondary N) is 1. The fourth-order valence-corrected chi connectivity index (χ4v) is 3.51. The Balaban J connectivity index is 1.38. The van der Waals surface area contributed by atoms with Crippen molar-refractivity contribution in [1.82, 2.24) is 4.90 Å². The highest BCUT2D eigenvalue weighted by Crippen LogP contribution is 2.23. The molecule has 1 aliphatic heterocycles. The molecular weight excluding hydrogens is 408 g/mol. The lowest BCUT2D eigenvalue weighted by Crippen LogP contribution is -2.30. The number of esters is 1. The van der Waals surface area contributed by atoms with Gasteiger partial charge in [-0.05, 0) is 49.6 Å². The number of amides is 3. The summed E-state index contributed by atoms with van der Waals surface area (Å²) < 4.78 is 5.19. The van der Waals surface area contributed by atoms with Gasteiger partial charge in [0.2, 0.25) is 5.91 Å². The van der Waals surface area contributed by atoms with E-state index >= 15 is 0 Å². The number of hydrogen-bond acceptors (Lipinski definition) is 5. The second-order valence-corrected chi connectivity index (χ2v) is 7.74. The van der Waals surface area contributed by atoms with Crippen LogP contribution in [0.4, 0.5) is 5.69 Å². The molecule has 0 spiro atoms. The second-order valence-electron chi connectivity index (χ2n) is 7.74. The molecule has 32 heavy (non-hydrogen) atoms. The van der Waals surface area contributed by atoms with Crippen molar-refractivity contribution in [2.24, 2.45) is 0 Å². The van der Waals surface area contributed by atoms with Crippen LogP contribution in [0, 0.1) is 0 Å². The zero-order chi connectivity index (χ0) is 22.9. The van der Waals surface area contributed by atoms with E-state index in [9.17, 15) is 19.2 Å². The van der Waals surface area contributed by atoms with E-state index < -0.39 is 5.97 Å². The average molecular weight is 437 g/mol. The molecule has 168 valence electrons. The second kappa shape index (κ2) is 11.2. The molecule has 3 amide bonds. The first-order chi connectivity index (χ1) is 15.5. The molecule has 2 aromatic rings. The van der Waals surface area contributed by atoms with Crippen LogP contribution in [0.3, 0.4) is 0 Å². The van der Waals surface area contributed by atoms with Crippen molar-refractivity contribution in [2.45, 2.75) is 45.4 Å². The summed E-state index contributed by atoms with van der Waals surface area (Å²) in [5.41, 5.74) is 1.85. The van der Waals surface area contributed by atoms with Crippen LogP contribution < -0.4 is 5.32 Å². The zero-order valence-electron chi connectivity index (χ0n) is 18.3. The minimum atomic E-state index is -0.400. The lowest BCUT2D eigenvalue weighted by Gasteiger charge is -2.13. The van der Waals surface area contributed by atoms with E-state index in [0.717, 1.165) is 12.8 Å². The van der Waals surface area contributed by atoms with Gasteiger partial charge in [0.05, 0.1) is 23.3 Å². The van der Waals surface area contributed by atoms with Crippen molar-refractivity contribution >= 4 is 29.4 Å². The number of benzene rings is 2. The largest absolute Gasteiger partial charge is 0.462 e. The SMILES string of the molecule is CCCCOC(=O)c1cccc(NC(=O)CCCCCN2C(=O)c3ccccc3C2=O)c1. The molecule has 0 bridgehead atoms. The van der Waals surface area contributed by atoms with Crippen molar-refractivity contribution < 1.29 is 23.9 Å². The summed E-state index contributed by atoms with van der Waals surface area (Å²) in [4.78, 5) is 50.2. The van der Waals surface area contributed by atoms with Crippen molar-refractivity contribution in [1.29, 1.82) is 0 Å². The molecule has 0 fully saturated rings. The Kier molecular flexibility index (Phi) is 8.14. The number of imide groups is 1. The van der Waals surface area contributed by atoms with Crippen LogP contribution in [-0.2, 0) is 9.53 Å². The highest BCUT2D eigenvalue weighted by molar-refractivity contribution is 6.21. The Labute approximate surface area is 187 Å². The maximum Gasteiger partial charge on any atom is 0.338 e. The van der Waals surface area contributed by atoms with E-state index in [1.807, 2.05) is 6.92 Å². The lowest BCUT2D eigenvalue weighted by atomic mass is 10.1. The topological polar surface area (TPSA) is 92.8 Å². The molecule has 2 aromatic carbocycles. The number of carbonyl (C=O) groups excluding carboxylic acids is 4. The molecule has 0 saturated heterocycles. The van der Waals surface area contributed by atoms with Gasteiger partial charge in [-0.3, -0.25) is 19.3 Å². The van der Waals surface area contributed by atoms with E-state index in [4.69, 9.17) is 4.74 Å². The van der Waals surface area contributed by atoms with Crippen LogP contribution in [0.15, 0.2) is 48.5 Å². The Morgan fingerprint density at radius 2 is 1.62 bits per heavy atom. The van der Waals surface area contributed by atoms with Gasteiger partial charge in [0.1, 0.15) is 0 Å². The van der Waals surface area contributed by atoms with Gasteiger partial charge in [0, 0.05) is 18.7 Å². The number of anilines is 1. The lowest BCUT2D eigenvalue weighted by molar-refractivity contribution is -0.116. The van der Waals surface area contributed by atoms with Crippen molar-refractivity contribution in [3.8, 4) is 0 Å². The normalized spacial score (nSPS) is 12.6. The Morgan fingerprint density at radius 1 is 0.906 bits per heavy atom. The van der Waals surface area contributed by atoms with Crippen LogP contribution in [0.5, 0.6) is 0 Å². The van der Waals surface area contributed by atoms with E-state index in [2.05, 4.69) is 5.32 Å². The number of carbonyl (C=O) groups is 4. The fourth-order valence-electron chi connectivity index (χ4n) is 3.51. The Hall–Kier alpha value is -3.48. The molecular formula is C25H28N2O5. The van der Waals surface area contributed by atoms with Crippen LogP contribution >= 0.6 is 0 Å². The van der Waals surface area contributed by atoms with Gasteiger partial charge in [0.15, 0.2) is 0 Å². The molecule has 1 N–H and O–H groups in total. The fraction of sp³-hybridized carbons (Fsp3) is 0.360. The molecule has 0 saturated carbocycles. The number of nitrogens with zero attached hydrogens (tertiary/aromatic N) is 1. The van der Waals surface area contributed by atoms with E-state index in [0.29, 0.717) is 61.2 Å². The molecule has 0 aromatic heterocycles. The van der Waals surface area contributed by atoms with E-state index in [1.165, 1.54) is 4.90 Å². The van der Waals surface area contributed by atoms with Crippen LogP contribution in [-0.4, -0.2) is 41.7 Å². The van der Waals surface area contributed by atoms with Gasteiger partial charge in [-0.15, -0.1) is 0 Å². The van der Waals surface area contributed by atoms with E-state index in [-0.39, 0.29) is 17.7 Å². The van der Waals surface area contributed by atoms with Crippen LogP contribution in [0.25, 0.3) is 0 Å². The number of unbranched alkanes of at least 4 members (excludes halogenated alkanes) is 3. The van der Waals surface area contributed by atoms with Crippen molar-refractivity contribution in [3.05, 3.63) is 65.2 Å². The summed E-state index contributed by atoms with van der Waals surface area (Å²) in [5, 5.41) is 2.80. The predicted molar refractivity (Wildman–Crippen MR) is 121 cm³/mol.